The molecule has 0 aliphatic carbocycles. The number of hydrogen-bond acceptors (Lipinski definition) is 5. The fraction of sp³-hybridized carbons (Fsp3) is 0.688. The van der Waals surface area contributed by atoms with E-state index in [9.17, 15) is 22.8 Å². The van der Waals surface area contributed by atoms with Gasteiger partial charge in [0.25, 0.3) is 0 Å². The van der Waals surface area contributed by atoms with Crippen molar-refractivity contribution < 1.29 is 32.2 Å². The number of alkyl carbamates (subject to hydrolysis) is 1. The standard InChI is InChI=1S/C16H24F3N3O4/c1-7-25-12(23)10-8-11(16(17,18)19)21-22(10)9-15(5,6)20-13(24)26-14(2,3)4/h8H,7,9H2,1-6H3,(H,20,24). The minimum atomic E-state index is -4.71. The Morgan fingerprint density at radius 3 is 2.23 bits per heavy atom. The van der Waals surface area contributed by atoms with Gasteiger partial charge in [0.15, 0.2) is 5.69 Å². The first-order valence-corrected chi connectivity index (χ1v) is 7.98. The smallest absolute Gasteiger partial charge is 0.435 e. The summed E-state index contributed by atoms with van der Waals surface area (Å²) in [5.41, 5.74) is -3.34. The molecule has 0 bridgehead atoms. The second-order valence-electron chi connectivity index (χ2n) is 7.30. The molecule has 0 saturated heterocycles. The number of alkyl halides is 3. The van der Waals surface area contributed by atoms with E-state index in [1.165, 1.54) is 6.92 Å². The van der Waals surface area contributed by atoms with Crippen LogP contribution < -0.4 is 5.32 Å². The van der Waals surface area contributed by atoms with Gasteiger partial charge in [-0.2, -0.15) is 18.3 Å². The average Bonchev–Trinajstić information content (AvgIpc) is 2.78. The van der Waals surface area contributed by atoms with Gasteiger partial charge in [-0.25, -0.2) is 9.59 Å². The van der Waals surface area contributed by atoms with Crippen LogP contribution in [0.15, 0.2) is 6.07 Å². The summed E-state index contributed by atoms with van der Waals surface area (Å²) in [5, 5.41) is 6.00. The van der Waals surface area contributed by atoms with E-state index in [4.69, 9.17) is 9.47 Å². The summed E-state index contributed by atoms with van der Waals surface area (Å²) in [5.74, 6) is -0.927. The summed E-state index contributed by atoms with van der Waals surface area (Å²) in [6.45, 7) is 9.53. The number of amides is 1. The van der Waals surface area contributed by atoms with Gasteiger partial charge < -0.3 is 14.8 Å². The van der Waals surface area contributed by atoms with Crippen molar-refractivity contribution >= 4 is 12.1 Å². The second kappa shape index (κ2) is 7.55. The summed E-state index contributed by atoms with van der Waals surface area (Å²) < 4.78 is 49.6. The Morgan fingerprint density at radius 2 is 1.77 bits per heavy atom. The number of esters is 1. The summed E-state index contributed by atoms with van der Waals surface area (Å²) >= 11 is 0. The van der Waals surface area contributed by atoms with E-state index >= 15 is 0 Å². The maximum absolute atomic E-state index is 12.9. The third kappa shape index (κ3) is 6.57. The molecule has 0 saturated carbocycles. The summed E-state index contributed by atoms with van der Waals surface area (Å²) in [4.78, 5) is 23.9. The van der Waals surface area contributed by atoms with Gasteiger partial charge >= 0.3 is 18.2 Å². The molecule has 1 aromatic heterocycles. The monoisotopic (exact) mass is 379 g/mol. The highest BCUT2D eigenvalue weighted by Crippen LogP contribution is 2.29. The van der Waals surface area contributed by atoms with Crippen LogP contribution >= 0.6 is 0 Å². The normalized spacial score (nSPS) is 12.7. The van der Waals surface area contributed by atoms with Gasteiger partial charge in [0.2, 0.25) is 0 Å². The molecule has 148 valence electrons. The van der Waals surface area contributed by atoms with Crippen molar-refractivity contribution in [2.75, 3.05) is 6.61 Å². The number of nitrogens with one attached hydrogen (secondary N) is 1. The number of halogens is 3. The molecule has 7 nitrogen and oxygen atoms in total. The predicted molar refractivity (Wildman–Crippen MR) is 86.6 cm³/mol. The molecule has 10 heteroatoms. The summed E-state index contributed by atoms with van der Waals surface area (Å²) in [7, 11) is 0. The van der Waals surface area contributed by atoms with E-state index in [1.54, 1.807) is 34.6 Å². The average molecular weight is 379 g/mol. The van der Waals surface area contributed by atoms with Gasteiger partial charge in [-0.3, -0.25) is 4.68 Å². The largest absolute Gasteiger partial charge is 0.461 e. The van der Waals surface area contributed by atoms with Crippen molar-refractivity contribution in [3.63, 3.8) is 0 Å². The van der Waals surface area contributed by atoms with Gasteiger partial charge in [-0.05, 0) is 41.5 Å². The lowest BCUT2D eigenvalue weighted by molar-refractivity contribution is -0.141. The number of aromatic nitrogens is 2. The van der Waals surface area contributed by atoms with Gasteiger partial charge in [0.1, 0.15) is 11.3 Å². The minimum absolute atomic E-state index is 0.00488. The van der Waals surface area contributed by atoms with Crippen LogP contribution in [-0.4, -0.2) is 39.6 Å². The Hall–Kier alpha value is -2.26. The number of carbonyl (C=O) groups excluding carboxylic acids is 2. The van der Waals surface area contributed by atoms with Crippen LogP contribution in [0.4, 0.5) is 18.0 Å². The molecule has 0 radical (unpaired) electrons. The van der Waals surface area contributed by atoms with Crippen molar-refractivity contribution in [2.45, 2.75) is 65.4 Å². The molecule has 0 aromatic carbocycles. The van der Waals surface area contributed by atoms with Crippen LogP contribution in [0.1, 0.15) is 57.7 Å². The number of carbonyl (C=O) groups is 2. The van der Waals surface area contributed by atoms with Crippen LogP contribution in [0.5, 0.6) is 0 Å². The SMILES string of the molecule is CCOC(=O)c1cc(C(F)(F)F)nn1CC(C)(C)NC(=O)OC(C)(C)C. The minimum Gasteiger partial charge on any atom is -0.461 e. The second-order valence-corrected chi connectivity index (χ2v) is 7.30. The Morgan fingerprint density at radius 1 is 1.19 bits per heavy atom. The van der Waals surface area contributed by atoms with Crippen LogP contribution in [0.3, 0.4) is 0 Å². The lowest BCUT2D eigenvalue weighted by Crippen LogP contribution is -2.48. The van der Waals surface area contributed by atoms with E-state index < -0.39 is 35.1 Å². The number of ether oxygens (including phenoxy) is 2. The zero-order valence-corrected chi connectivity index (χ0v) is 15.7. The highest BCUT2D eigenvalue weighted by molar-refractivity contribution is 5.87. The Balaban J connectivity index is 3.07. The fourth-order valence-corrected chi connectivity index (χ4v) is 2.04. The lowest BCUT2D eigenvalue weighted by Gasteiger charge is -2.29. The van der Waals surface area contributed by atoms with Crippen LogP contribution in [0.2, 0.25) is 0 Å². The maximum Gasteiger partial charge on any atom is 0.435 e. The first kappa shape index (κ1) is 21.8. The van der Waals surface area contributed by atoms with Crippen LogP contribution in [0.25, 0.3) is 0 Å². The highest BCUT2D eigenvalue weighted by atomic mass is 19.4. The number of nitrogens with zero attached hydrogens (tertiary/aromatic N) is 2. The summed E-state index contributed by atoms with van der Waals surface area (Å²) in [6, 6.07) is 0.627. The topological polar surface area (TPSA) is 82.5 Å². The van der Waals surface area contributed by atoms with Crippen molar-refractivity contribution in [1.82, 2.24) is 15.1 Å². The van der Waals surface area contributed by atoms with Gasteiger partial charge in [0, 0.05) is 6.07 Å². The zero-order valence-electron chi connectivity index (χ0n) is 15.7. The Labute approximate surface area is 149 Å². The first-order valence-electron chi connectivity index (χ1n) is 7.98. The van der Waals surface area contributed by atoms with Crippen LogP contribution in [0, 0.1) is 0 Å². The van der Waals surface area contributed by atoms with E-state index in [0.717, 1.165) is 4.68 Å². The molecule has 1 amide bonds. The van der Waals surface area contributed by atoms with Gasteiger partial charge in [0.05, 0.1) is 18.7 Å². The quantitative estimate of drug-likeness (QED) is 0.793. The van der Waals surface area contributed by atoms with Crippen molar-refractivity contribution in [2.24, 2.45) is 0 Å². The molecule has 1 heterocycles. The molecule has 1 aromatic rings. The molecule has 0 spiro atoms. The predicted octanol–water partition coefficient (Wildman–Crippen LogP) is 3.38. The lowest BCUT2D eigenvalue weighted by atomic mass is 10.1. The summed E-state index contributed by atoms with van der Waals surface area (Å²) in [6.07, 6.45) is -5.45. The highest BCUT2D eigenvalue weighted by Gasteiger charge is 2.37. The van der Waals surface area contributed by atoms with Crippen molar-refractivity contribution in [3.8, 4) is 0 Å². The van der Waals surface area contributed by atoms with E-state index in [-0.39, 0.29) is 18.8 Å². The van der Waals surface area contributed by atoms with E-state index in [1.807, 2.05) is 0 Å². The molecular formula is C16H24F3N3O4. The Kier molecular flexibility index (Phi) is 6.32. The molecule has 0 aliphatic rings. The van der Waals surface area contributed by atoms with E-state index in [2.05, 4.69) is 10.4 Å². The fourth-order valence-electron chi connectivity index (χ4n) is 2.04. The maximum atomic E-state index is 12.9. The van der Waals surface area contributed by atoms with Crippen LogP contribution in [-0.2, 0) is 22.2 Å². The first-order chi connectivity index (χ1) is 11.6. The molecular weight excluding hydrogens is 355 g/mol. The number of hydrogen-bond donors (Lipinski definition) is 1. The third-order valence-corrected chi connectivity index (χ3v) is 2.94. The third-order valence-electron chi connectivity index (χ3n) is 2.94. The molecule has 0 atom stereocenters. The van der Waals surface area contributed by atoms with Crippen molar-refractivity contribution in [1.29, 1.82) is 0 Å². The molecule has 1 rings (SSSR count). The Bertz CT molecular complexity index is 661. The number of rotatable bonds is 5. The van der Waals surface area contributed by atoms with Gasteiger partial charge in [-0.1, -0.05) is 0 Å². The zero-order chi connectivity index (χ0) is 20.3. The van der Waals surface area contributed by atoms with Crippen molar-refractivity contribution in [3.05, 3.63) is 17.5 Å². The van der Waals surface area contributed by atoms with E-state index in [0.29, 0.717) is 6.07 Å². The van der Waals surface area contributed by atoms with Gasteiger partial charge in [-0.15, -0.1) is 0 Å². The molecule has 0 aliphatic heterocycles. The molecule has 1 N–H and O–H groups in total. The molecule has 26 heavy (non-hydrogen) atoms. The molecule has 0 fully saturated rings. The molecule has 0 unspecified atom stereocenters.